The Balaban J connectivity index is 1.47. The molecule has 42 heavy (non-hydrogen) atoms. The number of fused-ring (bicyclic) bond motifs is 2. The Hall–Kier alpha value is -3.90. The maximum absolute atomic E-state index is 15.5. The quantitative estimate of drug-likeness (QED) is 0.259. The largest absolute Gasteiger partial charge is 0.496 e. The minimum Gasteiger partial charge on any atom is -0.496 e. The molecule has 1 amide bonds. The van der Waals surface area contributed by atoms with Crippen molar-refractivity contribution in [1.82, 2.24) is 4.90 Å². The molecule has 0 saturated carbocycles. The molecule has 1 atom stereocenters. The van der Waals surface area contributed by atoms with E-state index in [9.17, 15) is 19.5 Å². The molecule has 0 aliphatic carbocycles. The first-order chi connectivity index (χ1) is 19.8. The first kappa shape index (κ1) is 31.0. The number of carbonyl (C=O) groups excluding carboxylic acids is 2. The van der Waals surface area contributed by atoms with Gasteiger partial charge in [0.25, 0.3) is 0 Å². The summed E-state index contributed by atoms with van der Waals surface area (Å²) in [5, 5.41) is 20.0. The molecular formula is C30H34FNO9S. The van der Waals surface area contributed by atoms with Crippen LogP contribution in [0.1, 0.15) is 72.5 Å². The van der Waals surface area contributed by atoms with Gasteiger partial charge in [-0.05, 0) is 50.1 Å². The monoisotopic (exact) mass is 603 g/mol. The number of halogens is 1. The molecule has 4 rings (SSSR count). The van der Waals surface area contributed by atoms with Crippen LogP contribution in [-0.2, 0) is 22.6 Å². The Morgan fingerprint density at radius 2 is 1.69 bits per heavy atom. The number of hydrogen-bond donors (Lipinski definition) is 2. The summed E-state index contributed by atoms with van der Waals surface area (Å²) in [6.45, 7) is 6.02. The SMILES string of the molecule is COc1cc2c(cc1C(O)CCOc1c(OC)cc3sc(C(=O)CCC(=O)O)cc3c1F)CN(C(=O)OC(C)(C)C)C2. The topological polar surface area (TPSA) is 132 Å². The zero-order chi connectivity index (χ0) is 30.8. The van der Waals surface area contributed by atoms with Crippen molar-refractivity contribution in [3.8, 4) is 17.2 Å². The number of aliphatic hydroxyl groups is 1. The van der Waals surface area contributed by atoms with Crippen molar-refractivity contribution < 1.29 is 47.9 Å². The Morgan fingerprint density at radius 3 is 2.31 bits per heavy atom. The van der Waals surface area contributed by atoms with Crippen LogP contribution in [0, 0.1) is 5.82 Å². The third-order valence-electron chi connectivity index (χ3n) is 6.67. The van der Waals surface area contributed by atoms with Gasteiger partial charge in [0.2, 0.25) is 0 Å². The molecule has 0 bridgehead atoms. The average Bonchev–Trinajstić information content (AvgIpc) is 3.55. The molecule has 0 fully saturated rings. The highest BCUT2D eigenvalue weighted by Gasteiger charge is 2.30. The molecule has 1 unspecified atom stereocenters. The van der Waals surface area contributed by atoms with Gasteiger partial charge < -0.3 is 29.2 Å². The summed E-state index contributed by atoms with van der Waals surface area (Å²) in [4.78, 5) is 37.6. The molecule has 0 spiro atoms. The van der Waals surface area contributed by atoms with Crippen LogP contribution in [0.25, 0.3) is 10.1 Å². The van der Waals surface area contributed by atoms with Gasteiger partial charge in [0, 0.05) is 47.6 Å². The number of carbonyl (C=O) groups is 3. The number of rotatable bonds is 11. The number of benzene rings is 2. The molecule has 1 aromatic heterocycles. The fourth-order valence-corrected chi connectivity index (χ4v) is 5.69. The maximum Gasteiger partial charge on any atom is 0.410 e. The third-order valence-corrected chi connectivity index (χ3v) is 7.79. The smallest absolute Gasteiger partial charge is 0.410 e. The van der Waals surface area contributed by atoms with Gasteiger partial charge in [-0.1, -0.05) is 0 Å². The highest BCUT2D eigenvalue weighted by molar-refractivity contribution is 7.20. The third kappa shape index (κ3) is 6.93. The molecule has 2 aromatic carbocycles. The molecule has 2 heterocycles. The number of methoxy groups -OCH3 is 2. The van der Waals surface area contributed by atoms with Crippen LogP contribution in [0.4, 0.5) is 9.18 Å². The summed E-state index contributed by atoms with van der Waals surface area (Å²) in [7, 11) is 2.86. The fourth-order valence-electron chi connectivity index (χ4n) is 4.63. The van der Waals surface area contributed by atoms with Gasteiger partial charge in [0.1, 0.15) is 11.4 Å². The molecule has 3 aromatic rings. The van der Waals surface area contributed by atoms with E-state index >= 15 is 4.39 Å². The summed E-state index contributed by atoms with van der Waals surface area (Å²) in [5.74, 6) is -1.78. The minimum atomic E-state index is -1.09. The number of hydrogen-bond acceptors (Lipinski definition) is 9. The predicted octanol–water partition coefficient (Wildman–Crippen LogP) is 5.86. The fraction of sp³-hybridized carbons (Fsp3) is 0.433. The molecule has 2 N–H and O–H groups in total. The molecular weight excluding hydrogens is 569 g/mol. The second-order valence-electron chi connectivity index (χ2n) is 10.9. The molecule has 1 aliphatic heterocycles. The lowest BCUT2D eigenvalue weighted by atomic mass is 10.00. The Labute approximate surface area is 246 Å². The van der Waals surface area contributed by atoms with E-state index in [4.69, 9.17) is 24.1 Å². The zero-order valence-corrected chi connectivity index (χ0v) is 24.9. The van der Waals surface area contributed by atoms with Gasteiger partial charge in [-0.25, -0.2) is 9.18 Å². The van der Waals surface area contributed by atoms with Crippen molar-refractivity contribution in [2.45, 2.75) is 64.8 Å². The normalized spacial score (nSPS) is 13.5. The van der Waals surface area contributed by atoms with Gasteiger partial charge in [0.15, 0.2) is 23.1 Å². The van der Waals surface area contributed by atoms with Crippen LogP contribution in [0.2, 0.25) is 0 Å². The van der Waals surface area contributed by atoms with E-state index in [2.05, 4.69) is 0 Å². The number of aliphatic carboxylic acids is 1. The van der Waals surface area contributed by atoms with Gasteiger partial charge in [-0.2, -0.15) is 0 Å². The number of ketones is 1. The van der Waals surface area contributed by atoms with Crippen LogP contribution in [-0.4, -0.2) is 59.4 Å². The van der Waals surface area contributed by atoms with E-state index in [1.807, 2.05) is 0 Å². The Morgan fingerprint density at radius 1 is 1.02 bits per heavy atom. The highest BCUT2D eigenvalue weighted by Crippen LogP contribution is 2.41. The lowest BCUT2D eigenvalue weighted by Gasteiger charge is -2.24. The van der Waals surface area contributed by atoms with Crippen LogP contribution >= 0.6 is 11.3 Å². The number of Topliss-reactive ketones (excluding diaryl/α,β-unsaturated/α-hetero) is 1. The van der Waals surface area contributed by atoms with E-state index in [0.717, 1.165) is 22.5 Å². The van der Waals surface area contributed by atoms with Gasteiger partial charge in [-0.15, -0.1) is 11.3 Å². The van der Waals surface area contributed by atoms with Crippen molar-refractivity contribution in [2.75, 3.05) is 20.8 Å². The standard InChI is InChI=1S/C30H34FNO9S/c1-30(2,3)41-29(37)32-14-16-10-18(22(38-4)11-17(16)15-32)20(33)8-9-40-28-23(39-5)13-24-19(27(28)31)12-25(42-24)21(34)6-7-26(35)36/h10-13,20,33H,6-9,14-15H2,1-5H3,(H,35,36). The van der Waals surface area contributed by atoms with Gasteiger partial charge in [-0.3, -0.25) is 14.5 Å². The van der Waals surface area contributed by atoms with Crippen LogP contribution < -0.4 is 14.2 Å². The lowest BCUT2D eigenvalue weighted by molar-refractivity contribution is -0.136. The van der Waals surface area contributed by atoms with E-state index in [0.29, 0.717) is 29.1 Å². The zero-order valence-electron chi connectivity index (χ0n) is 24.1. The molecule has 226 valence electrons. The summed E-state index contributed by atoms with van der Waals surface area (Å²) < 4.78 is 38.0. The molecule has 0 saturated heterocycles. The first-order valence-electron chi connectivity index (χ1n) is 13.3. The minimum absolute atomic E-state index is 0.0707. The van der Waals surface area contributed by atoms with Crippen molar-refractivity contribution >= 4 is 39.3 Å². The molecule has 1 aliphatic rings. The highest BCUT2D eigenvalue weighted by atomic mass is 32.1. The second kappa shape index (κ2) is 12.5. The van der Waals surface area contributed by atoms with E-state index in [1.165, 1.54) is 20.3 Å². The number of carboxylic acids is 1. The number of aliphatic hydroxyl groups excluding tert-OH is 1. The second-order valence-corrected chi connectivity index (χ2v) is 12.0. The van der Waals surface area contributed by atoms with Gasteiger partial charge in [0.05, 0.1) is 38.2 Å². The first-order valence-corrected chi connectivity index (χ1v) is 14.2. The van der Waals surface area contributed by atoms with Crippen LogP contribution in [0.3, 0.4) is 0 Å². The Bertz CT molecular complexity index is 1510. The van der Waals surface area contributed by atoms with Gasteiger partial charge >= 0.3 is 12.1 Å². The number of ether oxygens (including phenoxy) is 4. The number of nitrogens with zero attached hydrogens (tertiary/aromatic N) is 1. The maximum atomic E-state index is 15.5. The van der Waals surface area contributed by atoms with E-state index in [1.54, 1.807) is 43.9 Å². The number of amides is 1. The van der Waals surface area contributed by atoms with Crippen molar-refractivity contribution in [2.24, 2.45) is 0 Å². The molecule has 10 nitrogen and oxygen atoms in total. The number of carboxylic acid groups (broad SMARTS) is 1. The lowest BCUT2D eigenvalue weighted by Crippen LogP contribution is -2.33. The van der Waals surface area contributed by atoms with Crippen LogP contribution in [0.5, 0.6) is 17.2 Å². The number of thiophene rings is 1. The summed E-state index contributed by atoms with van der Waals surface area (Å²) in [6, 6.07) is 6.53. The Kier molecular flexibility index (Phi) is 9.27. The van der Waals surface area contributed by atoms with Crippen molar-refractivity contribution in [3.05, 3.63) is 51.7 Å². The summed E-state index contributed by atoms with van der Waals surface area (Å²) in [5.41, 5.74) is 1.64. The van der Waals surface area contributed by atoms with E-state index < -0.39 is 29.6 Å². The van der Waals surface area contributed by atoms with Crippen LogP contribution in [0.15, 0.2) is 24.3 Å². The van der Waals surface area contributed by atoms with Crippen molar-refractivity contribution in [1.29, 1.82) is 0 Å². The van der Waals surface area contributed by atoms with Crippen molar-refractivity contribution in [3.63, 3.8) is 0 Å². The average molecular weight is 604 g/mol. The molecule has 12 heteroatoms. The van der Waals surface area contributed by atoms with E-state index in [-0.39, 0.29) is 53.4 Å². The summed E-state index contributed by atoms with van der Waals surface area (Å²) in [6.07, 6.45) is -1.85. The summed E-state index contributed by atoms with van der Waals surface area (Å²) >= 11 is 1.05. The molecule has 0 radical (unpaired) electrons. The predicted molar refractivity (Wildman–Crippen MR) is 153 cm³/mol.